The SMILES string of the molecule is C=CC(NC1CCCCC1)S(=O)(=O)NC(=O)/C=C/c1c(C)nn(C)c1-n1ccc2cc(Cl)ccc21. The molecule has 1 atom stereocenters. The molecule has 3 aromatic rings. The van der Waals surface area contributed by atoms with Crippen LogP contribution in [0.2, 0.25) is 5.02 Å². The fourth-order valence-corrected chi connectivity index (χ4v) is 5.90. The molecule has 1 aromatic carbocycles. The number of carbonyl (C=O) groups is 1. The van der Waals surface area contributed by atoms with Gasteiger partial charge in [0.05, 0.1) is 11.2 Å². The van der Waals surface area contributed by atoms with Gasteiger partial charge in [-0.15, -0.1) is 6.58 Å². The average molecular weight is 516 g/mol. The molecular formula is C25H30ClN5O3S. The van der Waals surface area contributed by atoms with E-state index in [-0.39, 0.29) is 6.04 Å². The number of aromatic nitrogens is 3. The zero-order valence-corrected chi connectivity index (χ0v) is 21.4. The van der Waals surface area contributed by atoms with E-state index in [1.807, 2.05) is 49.0 Å². The van der Waals surface area contributed by atoms with Gasteiger partial charge in [0.25, 0.3) is 15.9 Å². The molecule has 0 saturated heterocycles. The van der Waals surface area contributed by atoms with Crippen molar-refractivity contribution in [3.8, 4) is 5.82 Å². The van der Waals surface area contributed by atoms with E-state index in [1.54, 1.807) is 10.8 Å². The van der Waals surface area contributed by atoms with Gasteiger partial charge in [-0.25, -0.2) is 13.1 Å². The lowest BCUT2D eigenvalue weighted by Crippen LogP contribution is -2.48. The van der Waals surface area contributed by atoms with E-state index in [2.05, 4.69) is 21.7 Å². The Morgan fingerprint density at radius 3 is 2.71 bits per heavy atom. The molecule has 4 rings (SSSR count). The van der Waals surface area contributed by atoms with Crippen LogP contribution >= 0.6 is 11.6 Å². The minimum Gasteiger partial charge on any atom is -0.301 e. The summed E-state index contributed by atoms with van der Waals surface area (Å²) < 4.78 is 31.5. The van der Waals surface area contributed by atoms with Crippen molar-refractivity contribution < 1.29 is 13.2 Å². The molecule has 2 heterocycles. The molecule has 0 bridgehead atoms. The number of hydrogen-bond donors (Lipinski definition) is 2. The van der Waals surface area contributed by atoms with Gasteiger partial charge in [-0.1, -0.05) is 36.9 Å². The summed E-state index contributed by atoms with van der Waals surface area (Å²) in [5.41, 5.74) is 2.34. The zero-order chi connectivity index (χ0) is 25.2. The van der Waals surface area contributed by atoms with Crippen LogP contribution in [0.5, 0.6) is 0 Å². The maximum absolute atomic E-state index is 12.8. The van der Waals surface area contributed by atoms with E-state index < -0.39 is 21.3 Å². The van der Waals surface area contributed by atoms with Crippen LogP contribution < -0.4 is 10.0 Å². The van der Waals surface area contributed by atoms with Crippen LogP contribution in [0.15, 0.2) is 49.2 Å². The molecule has 8 nitrogen and oxygen atoms in total. The third-order valence-electron chi connectivity index (χ3n) is 6.32. The van der Waals surface area contributed by atoms with E-state index >= 15 is 0 Å². The third kappa shape index (κ3) is 5.52. The van der Waals surface area contributed by atoms with E-state index in [0.29, 0.717) is 16.3 Å². The van der Waals surface area contributed by atoms with Crippen molar-refractivity contribution in [2.45, 2.75) is 50.4 Å². The number of fused-ring (bicyclic) bond motifs is 1. The smallest absolute Gasteiger partial charge is 0.257 e. The van der Waals surface area contributed by atoms with Crippen LogP contribution in [-0.4, -0.2) is 40.1 Å². The van der Waals surface area contributed by atoms with Crippen molar-refractivity contribution >= 4 is 44.5 Å². The molecular weight excluding hydrogens is 486 g/mol. The number of halogens is 1. The van der Waals surface area contributed by atoms with E-state index in [0.717, 1.165) is 48.8 Å². The Balaban J connectivity index is 1.55. The maximum atomic E-state index is 12.8. The number of carbonyl (C=O) groups excluding carboxylic acids is 1. The number of benzene rings is 1. The van der Waals surface area contributed by atoms with Crippen molar-refractivity contribution in [3.05, 3.63) is 65.5 Å². The lowest BCUT2D eigenvalue weighted by atomic mass is 9.95. The average Bonchev–Trinajstić information content (AvgIpc) is 3.34. The molecule has 0 aliphatic heterocycles. The van der Waals surface area contributed by atoms with Gasteiger partial charge in [0, 0.05) is 41.3 Å². The normalized spacial score (nSPS) is 16.1. The summed E-state index contributed by atoms with van der Waals surface area (Å²) >= 11 is 6.12. The monoisotopic (exact) mass is 515 g/mol. The molecule has 0 radical (unpaired) electrons. The van der Waals surface area contributed by atoms with Gasteiger partial charge in [-0.05, 0) is 50.1 Å². The Labute approximate surface area is 210 Å². The number of nitrogens with zero attached hydrogens (tertiary/aromatic N) is 3. The number of aryl methyl sites for hydroxylation is 2. The van der Waals surface area contributed by atoms with E-state index in [9.17, 15) is 13.2 Å². The second-order valence-electron chi connectivity index (χ2n) is 8.84. The minimum atomic E-state index is -3.99. The molecule has 1 saturated carbocycles. The van der Waals surface area contributed by atoms with Crippen LogP contribution in [0.1, 0.15) is 43.4 Å². The van der Waals surface area contributed by atoms with Gasteiger partial charge >= 0.3 is 0 Å². The van der Waals surface area contributed by atoms with Crippen LogP contribution in [0, 0.1) is 6.92 Å². The highest BCUT2D eigenvalue weighted by Crippen LogP contribution is 2.27. The summed E-state index contributed by atoms with van der Waals surface area (Å²) in [5, 5.41) is 8.18. The quantitative estimate of drug-likeness (QED) is 0.346. The van der Waals surface area contributed by atoms with Gasteiger partial charge < -0.3 is 4.57 Å². The lowest BCUT2D eigenvalue weighted by molar-refractivity contribution is -0.114. The highest BCUT2D eigenvalue weighted by molar-refractivity contribution is 7.90. The Morgan fingerprint density at radius 2 is 2.00 bits per heavy atom. The standard InChI is InChI=1S/C25H30ClN5O3S/c1-4-24(27-20-8-6-5-7-9-20)35(33,34)29-23(32)13-11-21-17(2)28-30(3)25(21)31-15-14-18-16-19(26)10-12-22(18)31/h4,10-16,20,24,27H,1,5-9H2,2-3H3,(H,29,32)/b13-11+. The minimum absolute atomic E-state index is 0.0980. The zero-order valence-electron chi connectivity index (χ0n) is 19.9. The van der Waals surface area contributed by atoms with Crippen LogP contribution in [0.25, 0.3) is 22.8 Å². The maximum Gasteiger partial charge on any atom is 0.257 e. The van der Waals surface area contributed by atoms with Gasteiger partial charge in [0.15, 0.2) is 0 Å². The fraction of sp³-hybridized carbons (Fsp3) is 0.360. The molecule has 1 amide bonds. The summed E-state index contributed by atoms with van der Waals surface area (Å²) in [6, 6.07) is 7.66. The Morgan fingerprint density at radius 1 is 1.26 bits per heavy atom. The molecule has 1 unspecified atom stereocenters. The predicted octanol–water partition coefficient (Wildman–Crippen LogP) is 4.22. The molecule has 1 aliphatic carbocycles. The van der Waals surface area contributed by atoms with Gasteiger partial charge in [-0.2, -0.15) is 5.10 Å². The lowest BCUT2D eigenvalue weighted by Gasteiger charge is -2.26. The first-order valence-corrected chi connectivity index (χ1v) is 13.5. The predicted molar refractivity (Wildman–Crippen MR) is 140 cm³/mol. The fourth-order valence-electron chi connectivity index (χ4n) is 4.62. The molecule has 0 spiro atoms. The van der Waals surface area contributed by atoms with E-state index in [1.165, 1.54) is 12.2 Å². The first-order valence-electron chi connectivity index (χ1n) is 11.6. The molecule has 2 aromatic heterocycles. The molecule has 35 heavy (non-hydrogen) atoms. The number of hydrogen-bond acceptors (Lipinski definition) is 5. The van der Waals surface area contributed by atoms with Crippen molar-refractivity contribution in [2.24, 2.45) is 7.05 Å². The van der Waals surface area contributed by atoms with Crippen molar-refractivity contribution in [3.63, 3.8) is 0 Å². The van der Waals surface area contributed by atoms with Crippen molar-refractivity contribution in [2.75, 3.05) is 0 Å². The Kier molecular flexibility index (Phi) is 7.49. The summed E-state index contributed by atoms with van der Waals surface area (Å²) in [7, 11) is -2.17. The van der Waals surface area contributed by atoms with Crippen LogP contribution in [0.3, 0.4) is 0 Å². The van der Waals surface area contributed by atoms with E-state index in [4.69, 9.17) is 11.6 Å². The molecule has 1 fully saturated rings. The molecule has 1 aliphatic rings. The summed E-state index contributed by atoms with van der Waals surface area (Å²) in [5.74, 6) is 0.00954. The summed E-state index contributed by atoms with van der Waals surface area (Å²) in [4.78, 5) is 12.6. The summed E-state index contributed by atoms with van der Waals surface area (Å²) in [6.07, 6.45) is 11.1. The highest BCUT2D eigenvalue weighted by Gasteiger charge is 2.27. The largest absolute Gasteiger partial charge is 0.301 e. The topological polar surface area (TPSA) is 98.0 Å². The van der Waals surface area contributed by atoms with Crippen molar-refractivity contribution in [1.29, 1.82) is 0 Å². The number of amides is 1. The Hall–Kier alpha value is -2.88. The van der Waals surface area contributed by atoms with Crippen molar-refractivity contribution in [1.82, 2.24) is 24.4 Å². The highest BCUT2D eigenvalue weighted by atomic mass is 35.5. The first kappa shape index (κ1) is 25.2. The molecule has 2 N–H and O–H groups in total. The van der Waals surface area contributed by atoms with Crippen LogP contribution in [0.4, 0.5) is 0 Å². The molecule has 10 heteroatoms. The molecule has 186 valence electrons. The second-order valence-corrected chi connectivity index (χ2v) is 11.1. The number of sulfonamides is 1. The Bertz CT molecular complexity index is 1380. The van der Waals surface area contributed by atoms with Crippen LogP contribution in [-0.2, 0) is 21.9 Å². The first-order chi connectivity index (χ1) is 16.7. The van der Waals surface area contributed by atoms with Gasteiger partial charge in [0.1, 0.15) is 11.2 Å². The van der Waals surface area contributed by atoms with Gasteiger partial charge in [-0.3, -0.25) is 14.8 Å². The third-order valence-corrected chi connectivity index (χ3v) is 8.03. The number of nitrogens with one attached hydrogen (secondary N) is 2. The van der Waals surface area contributed by atoms with Gasteiger partial charge in [0.2, 0.25) is 0 Å². The second kappa shape index (κ2) is 10.4. The summed E-state index contributed by atoms with van der Waals surface area (Å²) in [6.45, 7) is 5.48. The number of rotatable bonds is 8.